The van der Waals surface area contributed by atoms with Crippen LogP contribution < -0.4 is 4.31 Å². The first kappa shape index (κ1) is 18.8. The minimum atomic E-state index is -3.56. The summed E-state index contributed by atoms with van der Waals surface area (Å²) in [6.07, 6.45) is 2.51. The number of carbonyl (C=O) groups excluding carboxylic acids is 1. The molecule has 0 saturated carbocycles. The SMILES string of the molecule is C=Cc1cc2c(C(C)=O)c(-c3ccc(F)cc3)oc2nc1N(C)S(C)(=O)=O. The zero-order valence-corrected chi connectivity index (χ0v) is 15.8. The number of anilines is 1. The summed E-state index contributed by atoms with van der Waals surface area (Å²) in [6, 6.07) is 7.13. The molecule has 0 fully saturated rings. The number of nitrogens with zero attached hydrogens (tertiary/aromatic N) is 2. The third kappa shape index (κ3) is 3.35. The van der Waals surface area contributed by atoms with Crippen LogP contribution in [0.4, 0.5) is 10.2 Å². The van der Waals surface area contributed by atoms with E-state index < -0.39 is 15.8 Å². The van der Waals surface area contributed by atoms with Gasteiger partial charge in [-0.05, 0) is 37.3 Å². The molecule has 27 heavy (non-hydrogen) atoms. The molecule has 0 saturated heterocycles. The lowest BCUT2D eigenvalue weighted by Gasteiger charge is -2.17. The third-order valence-corrected chi connectivity index (χ3v) is 5.33. The van der Waals surface area contributed by atoms with Gasteiger partial charge < -0.3 is 4.42 Å². The molecule has 0 spiro atoms. The Morgan fingerprint density at radius 2 is 1.93 bits per heavy atom. The van der Waals surface area contributed by atoms with Gasteiger partial charge in [0.05, 0.1) is 17.2 Å². The van der Waals surface area contributed by atoms with Gasteiger partial charge in [-0.15, -0.1) is 0 Å². The first-order valence-electron chi connectivity index (χ1n) is 7.94. The van der Waals surface area contributed by atoms with Crippen LogP contribution in [0.2, 0.25) is 0 Å². The summed E-state index contributed by atoms with van der Waals surface area (Å²) in [5, 5.41) is 0.433. The van der Waals surface area contributed by atoms with Crippen LogP contribution in [0.25, 0.3) is 28.5 Å². The number of ketones is 1. The van der Waals surface area contributed by atoms with Gasteiger partial charge in [0.15, 0.2) is 11.6 Å². The van der Waals surface area contributed by atoms with Crippen molar-refractivity contribution in [2.24, 2.45) is 0 Å². The Morgan fingerprint density at radius 3 is 2.44 bits per heavy atom. The van der Waals surface area contributed by atoms with Gasteiger partial charge in [0.25, 0.3) is 0 Å². The Bertz CT molecular complexity index is 1160. The number of furan rings is 1. The second-order valence-corrected chi connectivity index (χ2v) is 8.07. The molecule has 8 heteroatoms. The molecule has 3 rings (SSSR count). The van der Waals surface area contributed by atoms with Crippen molar-refractivity contribution in [2.45, 2.75) is 6.92 Å². The highest BCUT2D eigenvalue weighted by Gasteiger charge is 2.24. The summed E-state index contributed by atoms with van der Waals surface area (Å²) < 4.78 is 43.8. The third-order valence-electron chi connectivity index (χ3n) is 4.17. The van der Waals surface area contributed by atoms with Crippen molar-refractivity contribution >= 4 is 38.8 Å². The van der Waals surface area contributed by atoms with Gasteiger partial charge >= 0.3 is 0 Å². The lowest BCUT2D eigenvalue weighted by Crippen LogP contribution is -2.26. The van der Waals surface area contributed by atoms with E-state index >= 15 is 0 Å². The Kier molecular flexibility index (Phi) is 4.61. The highest BCUT2D eigenvalue weighted by Crippen LogP contribution is 2.36. The van der Waals surface area contributed by atoms with Crippen molar-refractivity contribution in [3.63, 3.8) is 0 Å². The van der Waals surface area contributed by atoms with Crippen molar-refractivity contribution in [1.82, 2.24) is 4.98 Å². The van der Waals surface area contributed by atoms with Gasteiger partial charge in [-0.25, -0.2) is 12.8 Å². The molecule has 0 N–H and O–H groups in total. The number of benzene rings is 1. The molecular weight excluding hydrogens is 371 g/mol. The van der Waals surface area contributed by atoms with E-state index in [1.165, 1.54) is 44.3 Å². The van der Waals surface area contributed by atoms with Crippen LogP contribution in [0.1, 0.15) is 22.8 Å². The van der Waals surface area contributed by atoms with Gasteiger partial charge in [0.2, 0.25) is 15.7 Å². The molecule has 0 aliphatic heterocycles. The zero-order chi connectivity index (χ0) is 19.9. The average molecular weight is 388 g/mol. The van der Waals surface area contributed by atoms with E-state index in [9.17, 15) is 17.6 Å². The minimum absolute atomic E-state index is 0.107. The van der Waals surface area contributed by atoms with Crippen molar-refractivity contribution < 1.29 is 22.0 Å². The number of Topliss-reactive ketones (excluding diaryl/α,β-unsaturated/α-hetero) is 1. The number of fused-ring (bicyclic) bond motifs is 1. The number of halogens is 1. The van der Waals surface area contributed by atoms with E-state index in [-0.39, 0.29) is 23.1 Å². The average Bonchev–Trinajstić information content (AvgIpc) is 2.98. The summed E-state index contributed by atoms with van der Waals surface area (Å²) in [6.45, 7) is 5.08. The van der Waals surface area contributed by atoms with Crippen LogP contribution in [0.15, 0.2) is 41.3 Å². The Hall–Kier alpha value is -3.00. The fourth-order valence-corrected chi connectivity index (χ4v) is 3.20. The number of hydrogen-bond donors (Lipinski definition) is 0. The minimum Gasteiger partial charge on any atom is -0.437 e. The highest BCUT2D eigenvalue weighted by atomic mass is 32.2. The van der Waals surface area contributed by atoms with Gasteiger partial charge in [-0.3, -0.25) is 9.10 Å². The molecule has 6 nitrogen and oxygen atoms in total. The molecule has 0 aliphatic carbocycles. The summed E-state index contributed by atoms with van der Waals surface area (Å²) in [4.78, 5) is 16.6. The number of sulfonamides is 1. The largest absolute Gasteiger partial charge is 0.437 e. The van der Waals surface area contributed by atoms with E-state index in [1.54, 1.807) is 6.07 Å². The van der Waals surface area contributed by atoms with Gasteiger partial charge in [0.1, 0.15) is 11.6 Å². The predicted molar refractivity (Wildman–Crippen MR) is 103 cm³/mol. The molecular formula is C19H17FN2O4S. The van der Waals surface area contributed by atoms with E-state index in [0.29, 0.717) is 22.1 Å². The maximum absolute atomic E-state index is 13.2. The number of rotatable bonds is 5. The molecule has 3 aromatic rings. The highest BCUT2D eigenvalue weighted by molar-refractivity contribution is 7.92. The van der Waals surface area contributed by atoms with Crippen LogP contribution >= 0.6 is 0 Å². The molecule has 0 atom stereocenters. The summed E-state index contributed by atoms with van der Waals surface area (Å²) in [5.74, 6) is -0.286. The van der Waals surface area contributed by atoms with Crippen LogP contribution in [0, 0.1) is 5.82 Å². The van der Waals surface area contributed by atoms with E-state index in [4.69, 9.17) is 4.42 Å². The van der Waals surface area contributed by atoms with Crippen LogP contribution in [-0.4, -0.2) is 32.5 Å². The van der Waals surface area contributed by atoms with Gasteiger partial charge in [-0.1, -0.05) is 12.7 Å². The Morgan fingerprint density at radius 1 is 1.30 bits per heavy atom. The smallest absolute Gasteiger partial charge is 0.233 e. The van der Waals surface area contributed by atoms with Crippen molar-refractivity contribution in [2.75, 3.05) is 17.6 Å². The molecule has 0 radical (unpaired) electrons. The summed E-state index contributed by atoms with van der Waals surface area (Å²) in [7, 11) is -2.19. The molecule has 1 aromatic carbocycles. The summed E-state index contributed by atoms with van der Waals surface area (Å²) >= 11 is 0. The Labute approximate surface area is 156 Å². The lowest BCUT2D eigenvalue weighted by molar-refractivity contribution is 0.101. The second-order valence-electron chi connectivity index (χ2n) is 6.06. The van der Waals surface area contributed by atoms with Crippen LogP contribution in [0.3, 0.4) is 0 Å². The van der Waals surface area contributed by atoms with E-state index in [0.717, 1.165) is 10.6 Å². The standard InChI is InChI=1S/C19H17FN2O4S/c1-5-12-10-15-16(11(2)23)17(13-6-8-14(20)9-7-13)26-19(15)21-18(12)22(3)27(4,24)25/h5-10H,1H2,2-4H3. The maximum Gasteiger partial charge on any atom is 0.233 e. The van der Waals surface area contributed by atoms with E-state index in [2.05, 4.69) is 11.6 Å². The first-order chi connectivity index (χ1) is 12.6. The quantitative estimate of drug-likeness (QED) is 0.620. The number of pyridine rings is 1. The van der Waals surface area contributed by atoms with Crippen molar-refractivity contribution in [1.29, 1.82) is 0 Å². The first-order valence-corrected chi connectivity index (χ1v) is 9.79. The zero-order valence-electron chi connectivity index (χ0n) is 15.0. The monoisotopic (exact) mass is 388 g/mol. The normalized spacial score (nSPS) is 11.6. The number of aromatic nitrogens is 1. The molecule has 2 heterocycles. The molecule has 140 valence electrons. The van der Waals surface area contributed by atoms with E-state index in [1.807, 2.05) is 0 Å². The molecule has 0 aliphatic rings. The molecule has 0 unspecified atom stereocenters. The fraction of sp³-hybridized carbons (Fsp3) is 0.158. The van der Waals surface area contributed by atoms with Crippen molar-refractivity contribution in [3.05, 3.63) is 53.9 Å². The predicted octanol–water partition coefficient (Wildman–Crippen LogP) is 3.88. The van der Waals surface area contributed by atoms with Crippen molar-refractivity contribution in [3.8, 4) is 11.3 Å². The number of carbonyl (C=O) groups is 1. The number of hydrogen-bond acceptors (Lipinski definition) is 5. The second kappa shape index (κ2) is 6.62. The van der Waals surface area contributed by atoms with Crippen LogP contribution in [0.5, 0.6) is 0 Å². The van der Waals surface area contributed by atoms with Gasteiger partial charge in [0, 0.05) is 18.2 Å². The van der Waals surface area contributed by atoms with Gasteiger partial charge in [-0.2, -0.15) is 4.98 Å². The molecule has 2 aromatic heterocycles. The van der Waals surface area contributed by atoms with Crippen LogP contribution in [-0.2, 0) is 10.0 Å². The molecule has 0 amide bonds. The maximum atomic E-state index is 13.2. The molecule has 0 bridgehead atoms. The topological polar surface area (TPSA) is 80.5 Å². The summed E-state index contributed by atoms with van der Waals surface area (Å²) in [5.41, 5.74) is 1.35. The Balaban J connectivity index is 2.34. The fourth-order valence-electron chi connectivity index (χ4n) is 2.74. The lowest BCUT2D eigenvalue weighted by atomic mass is 10.0.